The number of halogens is 3. The van der Waals surface area contributed by atoms with E-state index in [4.69, 9.17) is 10.5 Å². The highest BCUT2D eigenvalue weighted by atomic mass is 19.4. The Kier molecular flexibility index (Phi) is 7.51. The number of ether oxygens (including phenoxy) is 1. The van der Waals surface area contributed by atoms with E-state index in [1.54, 1.807) is 6.92 Å². The lowest BCUT2D eigenvalue weighted by Gasteiger charge is -2.30. The fourth-order valence-electron chi connectivity index (χ4n) is 1.84. The van der Waals surface area contributed by atoms with Crippen LogP contribution in [0.15, 0.2) is 0 Å². The Hall–Kier alpha value is -0.820. The van der Waals surface area contributed by atoms with Gasteiger partial charge in [0.05, 0.1) is 5.54 Å². The highest BCUT2D eigenvalue weighted by Crippen LogP contribution is 2.22. The van der Waals surface area contributed by atoms with E-state index in [1.807, 2.05) is 13.8 Å². The van der Waals surface area contributed by atoms with Crippen molar-refractivity contribution < 1.29 is 22.7 Å². The van der Waals surface area contributed by atoms with Crippen LogP contribution in [0, 0.1) is 0 Å². The molecule has 0 rings (SSSR count). The van der Waals surface area contributed by atoms with Gasteiger partial charge in [0.2, 0.25) is 5.91 Å². The summed E-state index contributed by atoms with van der Waals surface area (Å²) in [5.74, 6) is -0.462. The minimum absolute atomic E-state index is 0.0111. The molecule has 0 aromatic rings. The van der Waals surface area contributed by atoms with E-state index in [9.17, 15) is 18.0 Å². The zero-order chi connectivity index (χ0) is 16.0. The summed E-state index contributed by atoms with van der Waals surface area (Å²) in [5.41, 5.74) is 4.51. The first-order valence-electron chi connectivity index (χ1n) is 6.75. The molecule has 0 saturated heterocycles. The molecule has 2 unspecified atom stereocenters. The maximum Gasteiger partial charge on any atom is 0.414 e. The lowest BCUT2D eigenvalue weighted by Crippen LogP contribution is -2.55. The smallest absolute Gasteiger partial charge is 0.369 e. The molecule has 0 spiro atoms. The van der Waals surface area contributed by atoms with Gasteiger partial charge >= 0.3 is 6.18 Å². The molecule has 0 aromatic heterocycles. The zero-order valence-electron chi connectivity index (χ0n) is 12.5. The third kappa shape index (κ3) is 7.09. The maximum absolute atomic E-state index is 12.2. The molecule has 0 aliphatic heterocycles. The third-order valence-electron chi connectivity index (χ3n) is 3.05. The number of rotatable bonds is 9. The van der Waals surface area contributed by atoms with Gasteiger partial charge in [-0.3, -0.25) is 4.79 Å². The molecule has 1 amide bonds. The van der Waals surface area contributed by atoms with Gasteiger partial charge in [0.25, 0.3) is 0 Å². The van der Waals surface area contributed by atoms with Crippen LogP contribution < -0.4 is 11.1 Å². The van der Waals surface area contributed by atoms with Crippen LogP contribution >= 0.6 is 0 Å². The summed E-state index contributed by atoms with van der Waals surface area (Å²) < 4.78 is 41.3. The fraction of sp³-hybridized carbons (Fsp3) is 0.923. The summed E-state index contributed by atoms with van der Waals surface area (Å²) in [5, 5.41) is 3.08. The lowest BCUT2D eigenvalue weighted by molar-refractivity contribution is -0.214. The standard InChI is InChI=1S/C13H25F3N2O2/c1-9(2)18-12(4,11(17)19)7-5-6-8-20-10(3)13(14,15)16/h9-10,18H,5-8H2,1-4H3,(H2,17,19). The molecule has 0 aromatic carbocycles. The summed E-state index contributed by atoms with van der Waals surface area (Å²) >= 11 is 0. The Balaban J connectivity index is 4.06. The van der Waals surface area contributed by atoms with Gasteiger partial charge in [-0.25, -0.2) is 0 Å². The lowest BCUT2D eigenvalue weighted by atomic mass is 9.93. The molecule has 4 nitrogen and oxygen atoms in total. The third-order valence-corrected chi connectivity index (χ3v) is 3.05. The minimum Gasteiger partial charge on any atom is -0.369 e. The maximum atomic E-state index is 12.2. The number of unbranched alkanes of at least 4 members (excludes halogenated alkanes) is 1. The van der Waals surface area contributed by atoms with Gasteiger partial charge in [0.1, 0.15) is 0 Å². The Morgan fingerprint density at radius 1 is 1.25 bits per heavy atom. The predicted molar refractivity (Wildman–Crippen MR) is 71.2 cm³/mol. The first kappa shape index (κ1) is 19.2. The van der Waals surface area contributed by atoms with E-state index in [-0.39, 0.29) is 12.6 Å². The van der Waals surface area contributed by atoms with Gasteiger partial charge in [-0.2, -0.15) is 13.2 Å². The van der Waals surface area contributed by atoms with Crippen LogP contribution in [0.5, 0.6) is 0 Å². The van der Waals surface area contributed by atoms with Crippen LogP contribution in [0.1, 0.15) is 47.0 Å². The zero-order valence-corrected chi connectivity index (χ0v) is 12.5. The second-order valence-electron chi connectivity index (χ2n) is 5.51. The normalized spacial score (nSPS) is 17.0. The van der Waals surface area contributed by atoms with Gasteiger partial charge in [0, 0.05) is 12.6 Å². The van der Waals surface area contributed by atoms with Gasteiger partial charge in [-0.05, 0) is 47.0 Å². The van der Waals surface area contributed by atoms with Gasteiger partial charge < -0.3 is 15.8 Å². The van der Waals surface area contributed by atoms with E-state index < -0.39 is 23.7 Å². The summed E-state index contributed by atoms with van der Waals surface area (Å²) in [6.45, 7) is 6.49. The molecule has 0 aliphatic rings. The number of hydrogen-bond acceptors (Lipinski definition) is 3. The van der Waals surface area contributed by atoms with Crippen molar-refractivity contribution in [2.24, 2.45) is 5.73 Å². The van der Waals surface area contributed by atoms with Crippen molar-refractivity contribution >= 4 is 5.91 Å². The van der Waals surface area contributed by atoms with E-state index in [2.05, 4.69) is 5.32 Å². The molecule has 7 heteroatoms. The van der Waals surface area contributed by atoms with Crippen LogP contribution in [0.2, 0.25) is 0 Å². The highest BCUT2D eigenvalue weighted by molar-refractivity contribution is 5.84. The summed E-state index contributed by atoms with van der Waals surface area (Å²) in [4.78, 5) is 11.4. The molecule has 0 aliphatic carbocycles. The van der Waals surface area contributed by atoms with Crippen molar-refractivity contribution in [2.45, 2.75) is 70.8 Å². The van der Waals surface area contributed by atoms with E-state index >= 15 is 0 Å². The molecule has 2 atom stereocenters. The topological polar surface area (TPSA) is 64.3 Å². The summed E-state index contributed by atoms with van der Waals surface area (Å²) in [6, 6.07) is 0.0917. The molecule has 20 heavy (non-hydrogen) atoms. The second kappa shape index (κ2) is 7.83. The Morgan fingerprint density at radius 3 is 2.20 bits per heavy atom. The van der Waals surface area contributed by atoms with Crippen LogP contribution in [-0.2, 0) is 9.53 Å². The molecule has 120 valence electrons. The second-order valence-corrected chi connectivity index (χ2v) is 5.51. The molecule has 0 fully saturated rings. The van der Waals surface area contributed by atoms with Gasteiger partial charge in [-0.15, -0.1) is 0 Å². The quantitative estimate of drug-likeness (QED) is 0.642. The van der Waals surface area contributed by atoms with Gasteiger partial charge in [0.15, 0.2) is 6.10 Å². The number of primary amides is 1. The molecular weight excluding hydrogens is 273 g/mol. The minimum atomic E-state index is -4.33. The highest BCUT2D eigenvalue weighted by Gasteiger charge is 2.36. The summed E-state index contributed by atoms with van der Waals surface area (Å²) in [6.07, 6.45) is -4.63. The number of carbonyl (C=O) groups is 1. The van der Waals surface area contributed by atoms with Crippen molar-refractivity contribution in [1.82, 2.24) is 5.32 Å². The number of nitrogens with two attached hydrogens (primary N) is 1. The van der Waals surface area contributed by atoms with Crippen molar-refractivity contribution in [3.05, 3.63) is 0 Å². The van der Waals surface area contributed by atoms with E-state index in [1.165, 1.54) is 0 Å². The van der Waals surface area contributed by atoms with E-state index in [0.717, 1.165) is 6.92 Å². The average Bonchev–Trinajstić information content (AvgIpc) is 2.25. The molecule has 0 bridgehead atoms. The van der Waals surface area contributed by atoms with Crippen molar-refractivity contribution in [3.8, 4) is 0 Å². The van der Waals surface area contributed by atoms with Crippen molar-refractivity contribution in [2.75, 3.05) is 6.61 Å². The van der Waals surface area contributed by atoms with Crippen LogP contribution in [0.25, 0.3) is 0 Å². The summed E-state index contributed by atoms with van der Waals surface area (Å²) in [7, 11) is 0. The number of nitrogens with one attached hydrogen (secondary N) is 1. The van der Waals surface area contributed by atoms with Crippen molar-refractivity contribution in [1.29, 1.82) is 0 Å². The molecular formula is C13H25F3N2O2. The first-order chi connectivity index (χ1) is 8.99. The Bertz CT molecular complexity index is 308. The number of amides is 1. The van der Waals surface area contributed by atoms with E-state index in [0.29, 0.717) is 19.3 Å². The predicted octanol–water partition coefficient (Wildman–Crippen LogP) is 2.37. The Morgan fingerprint density at radius 2 is 1.80 bits per heavy atom. The monoisotopic (exact) mass is 298 g/mol. The molecule has 0 saturated carbocycles. The first-order valence-corrected chi connectivity index (χ1v) is 6.75. The number of alkyl halides is 3. The Labute approximate surface area is 118 Å². The number of hydrogen-bond donors (Lipinski definition) is 2. The SMILES string of the molecule is CC(C)NC(C)(CCCCOC(C)C(F)(F)F)C(N)=O. The largest absolute Gasteiger partial charge is 0.414 e. The van der Waals surface area contributed by atoms with Gasteiger partial charge in [-0.1, -0.05) is 0 Å². The number of carbonyl (C=O) groups excluding carboxylic acids is 1. The van der Waals surface area contributed by atoms with Crippen LogP contribution in [0.3, 0.4) is 0 Å². The average molecular weight is 298 g/mol. The molecule has 0 radical (unpaired) electrons. The van der Waals surface area contributed by atoms with Crippen molar-refractivity contribution in [3.63, 3.8) is 0 Å². The molecule has 0 heterocycles. The fourth-order valence-corrected chi connectivity index (χ4v) is 1.84. The van der Waals surface area contributed by atoms with Crippen LogP contribution in [0.4, 0.5) is 13.2 Å². The van der Waals surface area contributed by atoms with Crippen LogP contribution in [-0.4, -0.2) is 36.4 Å². The molecule has 3 N–H and O–H groups in total.